The van der Waals surface area contributed by atoms with Gasteiger partial charge in [-0.05, 0) is 12.1 Å². The lowest BCUT2D eigenvalue weighted by molar-refractivity contribution is 0.274. The number of aliphatic hydroxyl groups is 1. The zero-order valence-corrected chi connectivity index (χ0v) is 8.40. The topological polar surface area (TPSA) is 29.5 Å². The van der Waals surface area contributed by atoms with Crippen LogP contribution in [0.15, 0.2) is 18.2 Å². The van der Waals surface area contributed by atoms with Gasteiger partial charge in [-0.2, -0.15) is 4.39 Å². The van der Waals surface area contributed by atoms with Gasteiger partial charge < -0.3 is 9.84 Å². The fraction of sp³-hybridized carbons (Fsp3) is 0.200. The molecule has 0 spiro atoms. The molecule has 14 heavy (non-hydrogen) atoms. The molecule has 2 aromatic rings. The first-order chi connectivity index (χ1) is 6.76. The highest BCUT2D eigenvalue weighted by atomic mass is 32.1. The summed E-state index contributed by atoms with van der Waals surface area (Å²) in [7, 11) is 1.52. The summed E-state index contributed by atoms with van der Waals surface area (Å²) in [5, 5.41) is 9.53. The molecular formula is C10H9FO2S. The van der Waals surface area contributed by atoms with Gasteiger partial charge in [-0.15, -0.1) is 11.3 Å². The van der Waals surface area contributed by atoms with Crippen molar-refractivity contribution >= 4 is 21.4 Å². The highest BCUT2D eigenvalue weighted by molar-refractivity contribution is 7.17. The quantitative estimate of drug-likeness (QED) is 0.829. The first kappa shape index (κ1) is 9.43. The second-order valence-electron chi connectivity index (χ2n) is 2.88. The normalized spacial score (nSPS) is 10.8. The summed E-state index contributed by atoms with van der Waals surface area (Å²) in [6.45, 7) is -0.101. The number of benzene rings is 1. The Kier molecular flexibility index (Phi) is 2.39. The molecule has 2 rings (SSSR count). The highest BCUT2D eigenvalue weighted by Gasteiger charge is 2.10. The van der Waals surface area contributed by atoms with Gasteiger partial charge >= 0.3 is 0 Å². The van der Waals surface area contributed by atoms with E-state index in [1.165, 1.54) is 13.2 Å². The fourth-order valence-corrected chi connectivity index (χ4v) is 2.25. The van der Waals surface area contributed by atoms with E-state index >= 15 is 0 Å². The number of thiophene rings is 1. The van der Waals surface area contributed by atoms with Gasteiger partial charge in [-0.1, -0.05) is 6.07 Å². The van der Waals surface area contributed by atoms with Crippen LogP contribution in [0.2, 0.25) is 0 Å². The third kappa shape index (κ3) is 1.36. The summed E-state index contributed by atoms with van der Waals surface area (Å²) < 4.78 is 18.9. The summed E-state index contributed by atoms with van der Waals surface area (Å²) >= 11 is 1.07. The molecule has 0 fully saturated rings. The van der Waals surface area contributed by atoms with Crippen LogP contribution in [0.3, 0.4) is 0 Å². The number of rotatable bonds is 2. The molecule has 0 saturated carbocycles. The van der Waals surface area contributed by atoms with E-state index in [0.717, 1.165) is 21.4 Å². The van der Waals surface area contributed by atoms with Crippen molar-refractivity contribution in [2.45, 2.75) is 6.61 Å². The number of halogens is 1. The molecule has 0 bridgehead atoms. The molecule has 0 amide bonds. The van der Waals surface area contributed by atoms with Gasteiger partial charge in [0.1, 0.15) is 5.75 Å². The molecule has 4 heteroatoms. The van der Waals surface area contributed by atoms with E-state index in [-0.39, 0.29) is 11.7 Å². The first-order valence-electron chi connectivity index (χ1n) is 4.12. The van der Waals surface area contributed by atoms with E-state index in [4.69, 9.17) is 9.84 Å². The van der Waals surface area contributed by atoms with Crippen molar-refractivity contribution in [2.75, 3.05) is 7.11 Å². The van der Waals surface area contributed by atoms with E-state index in [0.29, 0.717) is 11.3 Å². The maximum absolute atomic E-state index is 13.0. The predicted octanol–water partition coefficient (Wildman–Crippen LogP) is 2.54. The molecule has 2 nitrogen and oxygen atoms in total. The van der Waals surface area contributed by atoms with Crippen LogP contribution < -0.4 is 4.74 Å². The Hall–Kier alpha value is -1.13. The van der Waals surface area contributed by atoms with Gasteiger partial charge in [0.2, 0.25) is 0 Å². The SMILES string of the molecule is COc1c(CO)ccc2sc(F)cc12. The van der Waals surface area contributed by atoms with Crippen molar-refractivity contribution < 1.29 is 14.2 Å². The first-order valence-corrected chi connectivity index (χ1v) is 4.93. The lowest BCUT2D eigenvalue weighted by Gasteiger charge is -2.06. The number of ether oxygens (including phenoxy) is 1. The Morgan fingerprint density at radius 2 is 2.29 bits per heavy atom. The van der Waals surface area contributed by atoms with Crippen LogP contribution in [-0.4, -0.2) is 12.2 Å². The van der Waals surface area contributed by atoms with Crippen LogP contribution in [0.4, 0.5) is 4.39 Å². The van der Waals surface area contributed by atoms with Crippen LogP contribution in [0, 0.1) is 5.13 Å². The molecule has 74 valence electrons. The molecular weight excluding hydrogens is 203 g/mol. The monoisotopic (exact) mass is 212 g/mol. The van der Waals surface area contributed by atoms with Crippen LogP contribution in [0.1, 0.15) is 5.56 Å². The summed E-state index contributed by atoms with van der Waals surface area (Å²) in [5.74, 6) is 0.560. The van der Waals surface area contributed by atoms with Crippen LogP contribution in [0.25, 0.3) is 10.1 Å². The maximum Gasteiger partial charge on any atom is 0.177 e. The summed E-state index contributed by atoms with van der Waals surface area (Å²) in [4.78, 5) is 0. The number of fused-ring (bicyclic) bond motifs is 1. The van der Waals surface area contributed by atoms with Crippen molar-refractivity contribution in [3.05, 3.63) is 28.9 Å². The molecule has 1 heterocycles. The minimum Gasteiger partial charge on any atom is -0.496 e. The molecule has 0 atom stereocenters. The fourth-order valence-electron chi connectivity index (χ4n) is 1.47. The summed E-state index contributed by atoms with van der Waals surface area (Å²) in [6.07, 6.45) is 0. The molecule has 1 aromatic heterocycles. The van der Waals surface area contributed by atoms with Crippen molar-refractivity contribution in [3.8, 4) is 5.75 Å². The zero-order chi connectivity index (χ0) is 10.1. The minimum atomic E-state index is -0.242. The van der Waals surface area contributed by atoms with Gasteiger partial charge in [0.25, 0.3) is 0 Å². The summed E-state index contributed by atoms with van der Waals surface area (Å²) in [5.41, 5.74) is 0.679. The van der Waals surface area contributed by atoms with E-state index in [9.17, 15) is 4.39 Å². The predicted molar refractivity (Wildman–Crippen MR) is 54.3 cm³/mol. The van der Waals surface area contributed by atoms with E-state index in [1.807, 2.05) is 0 Å². The Labute approximate surface area is 84.6 Å². The van der Waals surface area contributed by atoms with Crippen molar-refractivity contribution in [3.63, 3.8) is 0 Å². The molecule has 0 radical (unpaired) electrons. The second-order valence-corrected chi connectivity index (χ2v) is 3.91. The number of methoxy groups -OCH3 is 1. The van der Waals surface area contributed by atoms with Gasteiger partial charge in [-0.25, -0.2) is 0 Å². The molecule has 0 aliphatic carbocycles. The van der Waals surface area contributed by atoms with Gasteiger partial charge in [0.05, 0.1) is 13.7 Å². The molecule has 1 N–H and O–H groups in total. The highest BCUT2D eigenvalue weighted by Crippen LogP contribution is 2.34. The minimum absolute atomic E-state index is 0.101. The van der Waals surface area contributed by atoms with Crippen molar-refractivity contribution in [1.29, 1.82) is 0 Å². The Bertz CT molecular complexity index is 464. The van der Waals surface area contributed by atoms with Gasteiger partial charge in [0, 0.05) is 15.6 Å². The van der Waals surface area contributed by atoms with Crippen LogP contribution >= 0.6 is 11.3 Å². The molecule has 1 aromatic carbocycles. The molecule has 0 aliphatic rings. The van der Waals surface area contributed by atoms with Crippen molar-refractivity contribution in [1.82, 2.24) is 0 Å². The average Bonchev–Trinajstić information content (AvgIpc) is 2.56. The lowest BCUT2D eigenvalue weighted by Crippen LogP contribution is -1.91. The van der Waals surface area contributed by atoms with Crippen molar-refractivity contribution in [2.24, 2.45) is 0 Å². The van der Waals surface area contributed by atoms with Crippen LogP contribution in [0.5, 0.6) is 5.75 Å². The average molecular weight is 212 g/mol. The molecule has 0 unspecified atom stereocenters. The Morgan fingerprint density at radius 3 is 2.93 bits per heavy atom. The van der Waals surface area contributed by atoms with Gasteiger partial charge in [0.15, 0.2) is 5.13 Å². The van der Waals surface area contributed by atoms with Gasteiger partial charge in [-0.3, -0.25) is 0 Å². The largest absolute Gasteiger partial charge is 0.496 e. The third-order valence-electron chi connectivity index (χ3n) is 2.08. The van der Waals surface area contributed by atoms with E-state index in [1.54, 1.807) is 12.1 Å². The number of hydrogen-bond donors (Lipinski definition) is 1. The Morgan fingerprint density at radius 1 is 1.50 bits per heavy atom. The molecule has 0 saturated heterocycles. The van der Waals surface area contributed by atoms with E-state index in [2.05, 4.69) is 0 Å². The van der Waals surface area contributed by atoms with E-state index < -0.39 is 0 Å². The zero-order valence-electron chi connectivity index (χ0n) is 7.58. The lowest BCUT2D eigenvalue weighted by atomic mass is 10.1. The third-order valence-corrected chi connectivity index (χ3v) is 2.97. The summed E-state index contributed by atoms with van der Waals surface area (Å²) in [6, 6.07) is 4.96. The second kappa shape index (κ2) is 3.55. The van der Waals surface area contributed by atoms with Crippen LogP contribution in [-0.2, 0) is 6.61 Å². The number of hydrogen-bond acceptors (Lipinski definition) is 3. The Balaban J connectivity index is 2.75. The number of aliphatic hydroxyl groups excluding tert-OH is 1. The standard InChI is InChI=1S/C10H9FO2S/c1-13-10-6(5-12)2-3-8-7(10)4-9(11)14-8/h2-4,12H,5H2,1H3. The maximum atomic E-state index is 13.0. The molecule has 0 aliphatic heterocycles. The smallest absolute Gasteiger partial charge is 0.177 e.